The molecule has 4 heteroatoms. The van der Waals surface area contributed by atoms with Gasteiger partial charge in [0.1, 0.15) is 0 Å². The van der Waals surface area contributed by atoms with Crippen molar-refractivity contribution < 1.29 is 14.0 Å². The average Bonchev–Trinajstić information content (AvgIpc) is 2.73. The normalized spacial score (nSPS) is 42.8. The summed E-state index contributed by atoms with van der Waals surface area (Å²) >= 11 is 0. The molecule has 16 heavy (non-hydrogen) atoms. The van der Waals surface area contributed by atoms with E-state index in [1.165, 1.54) is 6.42 Å². The summed E-state index contributed by atoms with van der Waals surface area (Å²) in [6.07, 6.45) is 3.03. The maximum atomic E-state index is 5.76. The largest absolute Gasteiger partial charge is 0.639 e. The van der Waals surface area contributed by atoms with Gasteiger partial charge in [-0.2, -0.15) is 0 Å². The summed E-state index contributed by atoms with van der Waals surface area (Å²) in [5, 5.41) is 0. The lowest BCUT2D eigenvalue weighted by molar-refractivity contribution is -0.150. The topological polar surface area (TPSA) is 27.7 Å². The summed E-state index contributed by atoms with van der Waals surface area (Å²) in [4.78, 5) is 0. The Morgan fingerprint density at radius 3 is 2.50 bits per heavy atom. The first-order chi connectivity index (χ1) is 7.63. The van der Waals surface area contributed by atoms with Crippen LogP contribution in [0.2, 0.25) is 0 Å². The van der Waals surface area contributed by atoms with Crippen molar-refractivity contribution in [1.29, 1.82) is 0 Å². The third-order valence-electron chi connectivity index (χ3n) is 4.57. The Morgan fingerprint density at radius 2 is 1.94 bits per heavy atom. The molecule has 0 amide bonds. The molecule has 4 unspecified atom stereocenters. The Morgan fingerprint density at radius 1 is 1.25 bits per heavy atom. The van der Waals surface area contributed by atoms with Crippen LogP contribution in [0.3, 0.4) is 0 Å². The second kappa shape index (κ2) is 4.17. The van der Waals surface area contributed by atoms with Crippen molar-refractivity contribution in [2.45, 2.75) is 38.9 Å². The minimum absolute atomic E-state index is 0.278. The minimum Gasteiger partial charge on any atom is -0.389 e. The molecule has 1 saturated heterocycles. The highest BCUT2D eigenvalue weighted by Crippen LogP contribution is 2.61. The molecule has 1 aliphatic heterocycles. The Balaban J connectivity index is 0.000000457. The van der Waals surface area contributed by atoms with Crippen LogP contribution in [0.15, 0.2) is 13.2 Å². The minimum atomic E-state index is -0.417. The fraction of sp³-hybridized carbons (Fsp3) is 0.833. The van der Waals surface area contributed by atoms with Crippen LogP contribution >= 0.6 is 0 Å². The maximum Gasteiger partial charge on any atom is 0.639 e. The van der Waals surface area contributed by atoms with Gasteiger partial charge in [0.25, 0.3) is 0 Å². The highest BCUT2D eigenvalue weighted by atomic mass is 16.8. The van der Waals surface area contributed by atoms with Crippen LogP contribution in [-0.4, -0.2) is 26.6 Å². The molecule has 4 atom stereocenters. The predicted molar refractivity (Wildman–Crippen MR) is 63.8 cm³/mol. The van der Waals surface area contributed by atoms with E-state index in [0.717, 1.165) is 12.3 Å². The van der Waals surface area contributed by atoms with Gasteiger partial charge in [0.15, 0.2) is 0 Å². The summed E-state index contributed by atoms with van der Waals surface area (Å²) in [5.74, 6) is 1.50. The van der Waals surface area contributed by atoms with Gasteiger partial charge in [0, 0.05) is 7.11 Å². The van der Waals surface area contributed by atoms with Crippen LogP contribution in [0, 0.1) is 17.3 Å². The molecular weight excluding hydrogens is 203 g/mol. The third-order valence-corrected chi connectivity index (χ3v) is 4.57. The van der Waals surface area contributed by atoms with E-state index in [4.69, 9.17) is 14.0 Å². The number of hydrogen-bond donors (Lipinski definition) is 0. The van der Waals surface area contributed by atoms with Crippen LogP contribution < -0.4 is 0 Å². The number of hydrogen-bond acceptors (Lipinski definition) is 3. The zero-order valence-electron chi connectivity index (χ0n) is 10.4. The van der Waals surface area contributed by atoms with E-state index in [1.54, 1.807) is 7.11 Å². The predicted octanol–water partition coefficient (Wildman–Crippen LogP) is 2.27. The van der Waals surface area contributed by atoms with E-state index >= 15 is 0 Å². The summed E-state index contributed by atoms with van der Waals surface area (Å²) in [6, 6.07) is 0. The van der Waals surface area contributed by atoms with Crippen molar-refractivity contribution in [3.63, 3.8) is 0 Å². The molecule has 0 N–H and O–H groups in total. The van der Waals surface area contributed by atoms with E-state index in [0.29, 0.717) is 11.3 Å². The van der Waals surface area contributed by atoms with Gasteiger partial charge < -0.3 is 14.0 Å². The Labute approximate surface area is 98.3 Å². The van der Waals surface area contributed by atoms with Crippen LogP contribution in [-0.2, 0) is 14.0 Å². The van der Waals surface area contributed by atoms with E-state index in [9.17, 15) is 0 Å². The van der Waals surface area contributed by atoms with Crippen LogP contribution in [0.5, 0.6) is 0 Å². The van der Waals surface area contributed by atoms with Crippen molar-refractivity contribution in [3.8, 4) is 0 Å². The van der Waals surface area contributed by atoms with Gasteiger partial charge in [0.2, 0.25) is 0 Å². The van der Waals surface area contributed by atoms with E-state index in [2.05, 4.69) is 27.0 Å². The first kappa shape index (κ1) is 12.2. The zero-order valence-corrected chi connectivity index (χ0v) is 10.4. The highest BCUT2D eigenvalue weighted by Gasteiger charge is 2.62. The van der Waals surface area contributed by atoms with Gasteiger partial charge in [0.05, 0.1) is 12.2 Å². The molecule has 1 heterocycles. The van der Waals surface area contributed by atoms with Gasteiger partial charge in [-0.25, -0.2) is 0 Å². The maximum absolute atomic E-state index is 5.76. The standard InChI is InChI=1S/C10H17BO3.C2H4/c1-10(2)6-4-7(10)9-8(5-6)13-11(12-3)14-9;1-2/h6-9H,4-5H2,1-3H3;1-2H2. The van der Waals surface area contributed by atoms with E-state index in [-0.39, 0.29) is 12.2 Å². The molecule has 2 bridgehead atoms. The Bertz CT molecular complexity index is 269. The lowest BCUT2D eigenvalue weighted by Crippen LogP contribution is -2.59. The molecule has 4 aliphatic rings. The van der Waals surface area contributed by atoms with Gasteiger partial charge in [-0.15, -0.1) is 13.2 Å². The third kappa shape index (κ3) is 1.55. The van der Waals surface area contributed by atoms with Crippen molar-refractivity contribution in [1.82, 2.24) is 0 Å². The molecule has 3 saturated carbocycles. The Kier molecular flexibility index (Phi) is 3.17. The monoisotopic (exact) mass is 224 g/mol. The van der Waals surface area contributed by atoms with Crippen molar-refractivity contribution in [3.05, 3.63) is 13.2 Å². The second-order valence-electron chi connectivity index (χ2n) is 5.40. The lowest BCUT2D eigenvalue weighted by atomic mass is 9.47. The first-order valence-corrected chi connectivity index (χ1v) is 5.96. The molecule has 90 valence electrons. The zero-order chi connectivity index (χ0) is 11.9. The highest BCUT2D eigenvalue weighted by molar-refractivity contribution is 6.37. The Hall–Kier alpha value is -0.315. The van der Waals surface area contributed by atoms with Crippen molar-refractivity contribution >= 4 is 7.32 Å². The second-order valence-corrected chi connectivity index (χ2v) is 5.40. The summed E-state index contributed by atoms with van der Waals surface area (Å²) in [6.45, 7) is 10.7. The lowest BCUT2D eigenvalue weighted by Gasteiger charge is -2.60. The van der Waals surface area contributed by atoms with Crippen molar-refractivity contribution in [2.24, 2.45) is 17.3 Å². The quantitative estimate of drug-likeness (QED) is 0.505. The van der Waals surface area contributed by atoms with Gasteiger partial charge in [-0.1, -0.05) is 13.8 Å². The summed E-state index contributed by atoms with van der Waals surface area (Å²) < 4.78 is 16.5. The van der Waals surface area contributed by atoms with E-state index < -0.39 is 7.32 Å². The fourth-order valence-corrected chi connectivity index (χ4v) is 3.42. The molecule has 0 radical (unpaired) electrons. The molecule has 4 fully saturated rings. The SMILES string of the molecule is C=C.COB1OC2CC3CC(C2O1)C3(C)C. The van der Waals surface area contributed by atoms with Crippen LogP contribution in [0.25, 0.3) is 0 Å². The van der Waals surface area contributed by atoms with Crippen molar-refractivity contribution in [2.75, 3.05) is 7.11 Å². The fourth-order valence-electron chi connectivity index (χ4n) is 3.42. The van der Waals surface area contributed by atoms with Crippen LogP contribution in [0.4, 0.5) is 0 Å². The van der Waals surface area contributed by atoms with Gasteiger partial charge in [-0.05, 0) is 30.1 Å². The van der Waals surface area contributed by atoms with Gasteiger partial charge >= 0.3 is 7.32 Å². The molecular formula is C12H21BO3. The molecule has 3 nitrogen and oxygen atoms in total. The van der Waals surface area contributed by atoms with E-state index in [1.807, 2.05) is 0 Å². The molecule has 0 aromatic carbocycles. The molecule has 3 aliphatic carbocycles. The molecule has 0 spiro atoms. The molecule has 0 aromatic heterocycles. The summed E-state index contributed by atoms with van der Waals surface area (Å²) in [5.41, 5.74) is 0.452. The van der Waals surface area contributed by atoms with Crippen LogP contribution in [0.1, 0.15) is 26.7 Å². The molecule has 4 rings (SSSR count). The van der Waals surface area contributed by atoms with Gasteiger partial charge in [-0.3, -0.25) is 0 Å². The average molecular weight is 224 g/mol. The first-order valence-electron chi connectivity index (χ1n) is 5.96. The smallest absolute Gasteiger partial charge is 0.389 e. The number of rotatable bonds is 1. The summed E-state index contributed by atoms with van der Waals surface area (Å²) in [7, 11) is 1.22. The molecule has 0 aromatic rings.